The van der Waals surface area contributed by atoms with E-state index in [4.69, 9.17) is 20.2 Å². The van der Waals surface area contributed by atoms with Crippen LogP contribution in [-0.4, -0.2) is 21.4 Å². The maximum absolute atomic E-state index is 4.92. The molecule has 0 fully saturated rings. The maximum atomic E-state index is 4.92. The summed E-state index contributed by atoms with van der Waals surface area (Å²) in [5.41, 5.74) is 5.38. The highest BCUT2D eigenvalue weighted by Crippen LogP contribution is 2.20. The molecule has 0 bridgehead atoms. The lowest BCUT2D eigenvalue weighted by molar-refractivity contribution is -0.195. The number of rotatable bonds is 10. The third-order valence-electron chi connectivity index (χ3n) is 5.89. The SMILES string of the molecule is NOOSc1ccc(CCN(Cc2ccc3ccccc3n2)Cc2ccc3ccccc3n2)cc1. The summed E-state index contributed by atoms with van der Waals surface area (Å²) < 4.78 is 4.72. The van der Waals surface area contributed by atoms with Gasteiger partial charge in [-0.25, -0.2) is 0 Å². The lowest BCUT2D eigenvalue weighted by Crippen LogP contribution is -2.26. The predicted octanol–water partition coefficient (Wildman–Crippen LogP) is 5.86. The minimum atomic E-state index is 0.745. The first-order chi connectivity index (χ1) is 17.3. The molecule has 0 aliphatic heterocycles. The van der Waals surface area contributed by atoms with Crippen molar-refractivity contribution in [3.63, 3.8) is 0 Å². The van der Waals surface area contributed by atoms with E-state index in [0.29, 0.717) is 0 Å². The van der Waals surface area contributed by atoms with Crippen molar-refractivity contribution in [2.24, 2.45) is 5.90 Å². The Labute approximate surface area is 208 Å². The van der Waals surface area contributed by atoms with Crippen LogP contribution in [0.5, 0.6) is 0 Å². The van der Waals surface area contributed by atoms with Crippen molar-refractivity contribution in [2.45, 2.75) is 24.4 Å². The largest absolute Gasteiger partial charge is 0.291 e. The summed E-state index contributed by atoms with van der Waals surface area (Å²) in [6, 6.07) is 33.2. The monoisotopic (exact) mass is 482 g/mol. The van der Waals surface area contributed by atoms with Crippen LogP contribution in [0.4, 0.5) is 0 Å². The smallest absolute Gasteiger partial charge is 0.0705 e. The van der Waals surface area contributed by atoms with E-state index in [0.717, 1.165) is 76.2 Å². The van der Waals surface area contributed by atoms with E-state index in [2.05, 4.69) is 70.6 Å². The van der Waals surface area contributed by atoms with Gasteiger partial charge < -0.3 is 0 Å². The molecule has 5 rings (SSSR count). The van der Waals surface area contributed by atoms with Gasteiger partial charge in [0, 0.05) is 35.3 Å². The van der Waals surface area contributed by atoms with Crippen molar-refractivity contribution in [1.29, 1.82) is 0 Å². The minimum Gasteiger partial charge on any atom is -0.291 e. The van der Waals surface area contributed by atoms with Gasteiger partial charge in [-0.3, -0.25) is 14.9 Å². The topological polar surface area (TPSA) is 73.5 Å². The van der Waals surface area contributed by atoms with E-state index >= 15 is 0 Å². The van der Waals surface area contributed by atoms with Crippen LogP contribution >= 0.6 is 12.0 Å². The molecule has 35 heavy (non-hydrogen) atoms. The molecule has 7 heteroatoms. The highest BCUT2D eigenvalue weighted by atomic mass is 32.2. The number of hydrogen-bond donors (Lipinski definition) is 1. The molecule has 2 aromatic heterocycles. The molecule has 0 saturated carbocycles. The van der Waals surface area contributed by atoms with Crippen LogP contribution in [0.15, 0.2) is 102 Å². The molecule has 0 aliphatic carbocycles. The zero-order valence-corrected chi connectivity index (χ0v) is 20.0. The Hall–Kier alpha value is -3.33. The third-order valence-corrected chi connectivity index (χ3v) is 6.50. The lowest BCUT2D eigenvalue weighted by atomic mass is 10.1. The second kappa shape index (κ2) is 11.4. The zero-order valence-electron chi connectivity index (χ0n) is 19.2. The fourth-order valence-corrected chi connectivity index (χ4v) is 4.49. The highest BCUT2D eigenvalue weighted by molar-refractivity contribution is 7.94. The van der Waals surface area contributed by atoms with Crippen LogP contribution in [0, 0.1) is 0 Å². The van der Waals surface area contributed by atoms with E-state index in [1.807, 2.05) is 36.4 Å². The molecule has 5 aromatic rings. The molecule has 0 saturated heterocycles. The Morgan fingerprint density at radius 3 is 1.83 bits per heavy atom. The summed E-state index contributed by atoms with van der Waals surface area (Å²) in [4.78, 5) is 17.3. The lowest BCUT2D eigenvalue weighted by Gasteiger charge is -2.22. The van der Waals surface area contributed by atoms with E-state index < -0.39 is 0 Å². The second-order valence-corrected chi connectivity index (χ2v) is 9.12. The molecular weight excluding hydrogens is 456 g/mol. The van der Waals surface area contributed by atoms with Crippen LogP contribution in [0.3, 0.4) is 0 Å². The number of pyridine rings is 2. The third kappa shape index (κ3) is 6.22. The van der Waals surface area contributed by atoms with Gasteiger partial charge in [0.25, 0.3) is 0 Å². The summed E-state index contributed by atoms with van der Waals surface area (Å²) >= 11 is 1.08. The van der Waals surface area contributed by atoms with E-state index in [1.165, 1.54) is 5.56 Å². The van der Waals surface area contributed by atoms with E-state index in [1.54, 1.807) is 0 Å². The molecule has 6 nitrogen and oxygen atoms in total. The van der Waals surface area contributed by atoms with Crippen LogP contribution in [0.2, 0.25) is 0 Å². The molecule has 2 N–H and O–H groups in total. The molecule has 0 atom stereocenters. The molecule has 0 aliphatic rings. The summed E-state index contributed by atoms with van der Waals surface area (Å²) in [5, 5.41) is 2.31. The summed E-state index contributed by atoms with van der Waals surface area (Å²) in [6.45, 7) is 2.36. The van der Waals surface area contributed by atoms with Gasteiger partial charge in [0.05, 0.1) is 34.5 Å². The van der Waals surface area contributed by atoms with Gasteiger partial charge in [-0.15, -0.1) is 9.32 Å². The van der Waals surface area contributed by atoms with Gasteiger partial charge in [0.2, 0.25) is 0 Å². The fraction of sp³-hybridized carbons (Fsp3) is 0.143. The summed E-state index contributed by atoms with van der Waals surface area (Å²) in [5.74, 6) is 4.92. The zero-order chi connectivity index (χ0) is 23.9. The fourth-order valence-electron chi connectivity index (χ4n) is 4.12. The molecule has 176 valence electrons. The van der Waals surface area contributed by atoms with Crippen molar-refractivity contribution in [2.75, 3.05) is 6.54 Å². The van der Waals surface area contributed by atoms with Crippen molar-refractivity contribution >= 4 is 33.8 Å². The first-order valence-electron chi connectivity index (χ1n) is 11.5. The number of nitrogens with zero attached hydrogens (tertiary/aromatic N) is 3. The number of hydrogen-bond acceptors (Lipinski definition) is 7. The van der Waals surface area contributed by atoms with Gasteiger partial charge in [-0.1, -0.05) is 60.7 Å². The van der Waals surface area contributed by atoms with Crippen molar-refractivity contribution in [3.8, 4) is 0 Å². The van der Waals surface area contributed by atoms with Gasteiger partial charge in [-0.05, 0) is 48.4 Å². The molecule has 2 heterocycles. The van der Waals surface area contributed by atoms with Gasteiger partial charge in [0.1, 0.15) is 0 Å². The average molecular weight is 483 g/mol. The predicted molar refractivity (Wildman–Crippen MR) is 140 cm³/mol. The number of fused-ring (bicyclic) bond motifs is 2. The second-order valence-electron chi connectivity index (χ2n) is 8.34. The normalized spacial score (nSPS) is 11.5. The number of benzene rings is 3. The Morgan fingerprint density at radius 2 is 1.26 bits per heavy atom. The quantitative estimate of drug-likeness (QED) is 0.152. The molecule has 0 radical (unpaired) electrons. The maximum Gasteiger partial charge on any atom is 0.0705 e. The Bertz CT molecular complexity index is 1330. The minimum absolute atomic E-state index is 0.745. The van der Waals surface area contributed by atoms with Crippen molar-refractivity contribution in [3.05, 3.63) is 114 Å². The molecule has 0 amide bonds. The van der Waals surface area contributed by atoms with E-state index in [-0.39, 0.29) is 0 Å². The standard InChI is InChI=1S/C28H26N4O2S/c29-33-34-35-26-15-9-21(10-16-26)17-18-32(19-24-13-11-22-5-1-3-7-27(22)30-24)20-25-14-12-23-6-2-4-8-28(23)31-25/h1-16H,17-20,29H2. The summed E-state index contributed by atoms with van der Waals surface area (Å²) in [6.07, 6.45) is 0.903. The van der Waals surface area contributed by atoms with Crippen LogP contribution in [0.25, 0.3) is 21.8 Å². The Morgan fingerprint density at radius 1 is 0.686 bits per heavy atom. The molecule has 0 spiro atoms. The van der Waals surface area contributed by atoms with Gasteiger partial charge in [0.15, 0.2) is 0 Å². The first-order valence-corrected chi connectivity index (χ1v) is 12.2. The highest BCUT2D eigenvalue weighted by Gasteiger charge is 2.11. The number of aromatic nitrogens is 2. The van der Waals surface area contributed by atoms with Crippen LogP contribution < -0.4 is 5.90 Å². The van der Waals surface area contributed by atoms with Crippen molar-refractivity contribution in [1.82, 2.24) is 14.9 Å². The number of nitrogens with two attached hydrogens (primary N) is 1. The number of para-hydroxylation sites is 2. The summed E-state index contributed by atoms with van der Waals surface area (Å²) in [7, 11) is 0. The molecule has 0 unspecified atom stereocenters. The van der Waals surface area contributed by atoms with Gasteiger partial charge >= 0.3 is 0 Å². The Balaban J connectivity index is 1.34. The average Bonchev–Trinajstić information content (AvgIpc) is 2.91. The van der Waals surface area contributed by atoms with E-state index in [9.17, 15) is 0 Å². The van der Waals surface area contributed by atoms with Crippen LogP contribution in [-0.2, 0) is 28.8 Å². The van der Waals surface area contributed by atoms with Gasteiger partial charge in [-0.2, -0.15) is 5.90 Å². The molecular formula is C28H26N4O2S. The molecule has 3 aromatic carbocycles. The van der Waals surface area contributed by atoms with Crippen molar-refractivity contribution < 1.29 is 9.32 Å². The first kappa shape index (κ1) is 23.4. The van der Waals surface area contributed by atoms with Crippen LogP contribution in [0.1, 0.15) is 17.0 Å². The Kier molecular flexibility index (Phi) is 7.62.